The Labute approximate surface area is 116 Å². The summed E-state index contributed by atoms with van der Waals surface area (Å²) in [7, 11) is 0. The van der Waals surface area contributed by atoms with Crippen LogP contribution in [0.3, 0.4) is 0 Å². The van der Waals surface area contributed by atoms with E-state index in [1.807, 2.05) is 48.5 Å². The van der Waals surface area contributed by atoms with Crippen molar-refractivity contribution in [2.45, 2.75) is 12.5 Å². The quantitative estimate of drug-likeness (QED) is 0.902. The number of hydrogen-bond acceptors (Lipinski definition) is 2. The number of halogens is 1. The van der Waals surface area contributed by atoms with Crippen LogP contribution in [0.2, 0.25) is 5.02 Å². The van der Waals surface area contributed by atoms with E-state index in [1.54, 1.807) is 0 Å². The molecule has 0 aliphatic rings. The summed E-state index contributed by atoms with van der Waals surface area (Å²) in [5.41, 5.74) is 2.77. The van der Waals surface area contributed by atoms with Gasteiger partial charge in [-0.1, -0.05) is 48.0 Å². The maximum atomic E-state index is 10.6. The van der Waals surface area contributed by atoms with Gasteiger partial charge in [0.1, 0.15) is 0 Å². The van der Waals surface area contributed by atoms with Gasteiger partial charge in [0, 0.05) is 11.4 Å². The average molecular weight is 277 g/mol. The Kier molecular flexibility index (Phi) is 4.20. The van der Waals surface area contributed by atoms with E-state index in [-0.39, 0.29) is 6.42 Å². The van der Waals surface area contributed by atoms with Gasteiger partial charge in [-0.3, -0.25) is 0 Å². The first-order chi connectivity index (χ1) is 9.06. The normalized spacial score (nSPS) is 12.1. The van der Waals surface area contributed by atoms with E-state index >= 15 is 0 Å². The summed E-state index contributed by atoms with van der Waals surface area (Å²) in [5.74, 6) is -1.21. The smallest absolute Gasteiger partial charge is 0.332 e. The molecule has 0 saturated heterocycles. The number of rotatable bonds is 4. The second-order valence-corrected chi connectivity index (χ2v) is 4.70. The number of aliphatic hydroxyl groups is 1. The SMILES string of the molecule is O=C(O)[C@@H](O)Cc1ccc(-c2cccc(Cl)c2)cc1. The van der Waals surface area contributed by atoms with Crippen LogP contribution in [0.1, 0.15) is 5.56 Å². The third-order valence-electron chi connectivity index (χ3n) is 2.83. The molecule has 0 heterocycles. The number of carboxylic acid groups (broad SMARTS) is 1. The second kappa shape index (κ2) is 5.87. The predicted molar refractivity (Wildman–Crippen MR) is 74.2 cm³/mol. The summed E-state index contributed by atoms with van der Waals surface area (Å²) >= 11 is 5.93. The van der Waals surface area contributed by atoms with Gasteiger partial charge in [0.15, 0.2) is 6.10 Å². The van der Waals surface area contributed by atoms with Crippen molar-refractivity contribution >= 4 is 17.6 Å². The zero-order valence-corrected chi connectivity index (χ0v) is 10.8. The summed E-state index contributed by atoms with van der Waals surface area (Å²) in [6.07, 6.45) is -1.26. The fourth-order valence-corrected chi connectivity index (χ4v) is 2.00. The van der Waals surface area contributed by atoms with E-state index in [4.69, 9.17) is 16.7 Å². The average Bonchev–Trinajstić information content (AvgIpc) is 2.39. The third-order valence-corrected chi connectivity index (χ3v) is 3.06. The van der Waals surface area contributed by atoms with Gasteiger partial charge in [0.2, 0.25) is 0 Å². The summed E-state index contributed by atoms with van der Waals surface area (Å²) in [6.45, 7) is 0. The number of carboxylic acids is 1. The molecular weight excluding hydrogens is 264 g/mol. The summed E-state index contributed by atoms with van der Waals surface area (Å²) < 4.78 is 0. The van der Waals surface area contributed by atoms with Crippen molar-refractivity contribution in [3.8, 4) is 11.1 Å². The first-order valence-corrected chi connectivity index (χ1v) is 6.20. The Balaban J connectivity index is 2.17. The van der Waals surface area contributed by atoms with Crippen molar-refractivity contribution < 1.29 is 15.0 Å². The molecule has 0 bridgehead atoms. The van der Waals surface area contributed by atoms with E-state index in [0.29, 0.717) is 5.02 Å². The molecule has 2 N–H and O–H groups in total. The molecule has 2 rings (SSSR count). The summed E-state index contributed by atoms with van der Waals surface area (Å²) in [6, 6.07) is 14.9. The van der Waals surface area contributed by atoms with Crippen LogP contribution < -0.4 is 0 Å². The van der Waals surface area contributed by atoms with E-state index in [9.17, 15) is 9.90 Å². The Morgan fingerprint density at radius 1 is 1.11 bits per heavy atom. The molecule has 0 aliphatic carbocycles. The Hall–Kier alpha value is -1.84. The van der Waals surface area contributed by atoms with Gasteiger partial charge in [0.05, 0.1) is 0 Å². The Morgan fingerprint density at radius 2 is 1.79 bits per heavy atom. The summed E-state index contributed by atoms with van der Waals surface area (Å²) in [5, 5.41) is 18.6. The first-order valence-electron chi connectivity index (χ1n) is 5.82. The topological polar surface area (TPSA) is 57.5 Å². The lowest BCUT2D eigenvalue weighted by Gasteiger charge is -2.07. The van der Waals surface area contributed by atoms with Gasteiger partial charge < -0.3 is 10.2 Å². The van der Waals surface area contributed by atoms with Crippen molar-refractivity contribution in [3.05, 3.63) is 59.1 Å². The van der Waals surface area contributed by atoms with Gasteiger partial charge in [-0.2, -0.15) is 0 Å². The molecule has 0 spiro atoms. The maximum absolute atomic E-state index is 10.6. The van der Waals surface area contributed by atoms with Crippen LogP contribution in [-0.4, -0.2) is 22.3 Å². The summed E-state index contributed by atoms with van der Waals surface area (Å²) in [4.78, 5) is 10.6. The van der Waals surface area contributed by atoms with Crippen molar-refractivity contribution in [1.29, 1.82) is 0 Å². The van der Waals surface area contributed by atoms with Crippen LogP contribution in [0.4, 0.5) is 0 Å². The fraction of sp³-hybridized carbons (Fsp3) is 0.133. The van der Waals surface area contributed by atoms with Crippen LogP contribution in [0.25, 0.3) is 11.1 Å². The standard InChI is InChI=1S/C15H13ClO3/c16-13-3-1-2-12(9-13)11-6-4-10(5-7-11)8-14(17)15(18)19/h1-7,9,14,17H,8H2,(H,18,19)/t14-/m0/s1. The van der Waals surface area contributed by atoms with E-state index in [1.165, 1.54) is 0 Å². The number of hydrogen-bond donors (Lipinski definition) is 2. The molecule has 19 heavy (non-hydrogen) atoms. The molecule has 2 aromatic carbocycles. The highest BCUT2D eigenvalue weighted by Gasteiger charge is 2.13. The van der Waals surface area contributed by atoms with Gasteiger partial charge in [-0.05, 0) is 28.8 Å². The van der Waals surface area contributed by atoms with Crippen molar-refractivity contribution in [2.75, 3.05) is 0 Å². The molecule has 3 nitrogen and oxygen atoms in total. The van der Waals surface area contributed by atoms with Crippen LogP contribution in [0.15, 0.2) is 48.5 Å². The number of aliphatic hydroxyl groups excluding tert-OH is 1. The molecule has 2 aromatic rings. The minimum Gasteiger partial charge on any atom is -0.479 e. The molecule has 0 aliphatic heterocycles. The minimum atomic E-state index is -1.36. The molecule has 0 aromatic heterocycles. The van der Waals surface area contributed by atoms with Crippen molar-refractivity contribution in [1.82, 2.24) is 0 Å². The molecule has 4 heteroatoms. The molecule has 1 atom stereocenters. The highest BCUT2D eigenvalue weighted by molar-refractivity contribution is 6.30. The lowest BCUT2D eigenvalue weighted by molar-refractivity contribution is -0.146. The lowest BCUT2D eigenvalue weighted by atomic mass is 10.0. The predicted octanol–water partition coefficient (Wildman–Crippen LogP) is 3.00. The Bertz CT molecular complexity index is 578. The van der Waals surface area contributed by atoms with E-state index in [2.05, 4.69) is 0 Å². The van der Waals surface area contributed by atoms with Crippen molar-refractivity contribution in [2.24, 2.45) is 0 Å². The van der Waals surface area contributed by atoms with Gasteiger partial charge >= 0.3 is 5.97 Å². The molecule has 0 fully saturated rings. The second-order valence-electron chi connectivity index (χ2n) is 4.27. The highest BCUT2D eigenvalue weighted by atomic mass is 35.5. The van der Waals surface area contributed by atoms with Gasteiger partial charge in [-0.15, -0.1) is 0 Å². The van der Waals surface area contributed by atoms with Gasteiger partial charge in [0.25, 0.3) is 0 Å². The zero-order valence-electron chi connectivity index (χ0n) is 10.1. The molecule has 0 unspecified atom stereocenters. The largest absolute Gasteiger partial charge is 0.479 e. The number of aliphatic carboxylic acids is 1. The van der Waals surface area contributed by atoms with Crippen LogP contribution in [-0.2, 0) is 11.2 Å². The third kappa shape index (κ3) is 3.56. The lowest BCUT2D eigenvalue weighted by Crippen LogP contribution is -2.21. The van der Waals surface area contributed by atoms with E-state index < -0.39 is 12.1 Å². The van der Waals surface area contributed by atoms with Gasteiger partial charge in [-0.25, -0.2) is 4.79 Å². The molecule has 98 valence electrons. The van der Waals surface area contributed by atoms with Crippen LogP contribution >= 0.6 is 11.6 Å². The first kappa shape index (κ1) is 13.6. The zero-order chi connectivity index (χ0) is 13.8. The van der Waals surface area contributed by atoms with Crippen molar-refractivity contribution in [3.63, 3.8) is 0 Å². The Morgan fingerprint density at radius 3 is 2.37 bits per heavy atom. The van der Waals surface area contributed by atoms with E-state index in [0.717, 1.165) is 16.7 Å². The molecular formula is C15H13ClO3. The number of benzene rings is 2. The molecule has 0 amide bonds. The van der Waals surface area contributed by atoms with Crippen LogP contribution in [0, 0.1) is 0 Å². The monoisotopic (exact) mass is 276 g/mol. The molecule has 0 saturated carbocycles. The maximum Gasteiger partial charge on any atom is 0.332 e. The fourth-order valence-electron chi connectivity index (χ4n) is 1.81. The number of carbonyl (C=O) groups is 1. The molecule has 0 radical (unpaired) electrons. The van der Waals surface area contributed by atoms with Crippen LogP contribution in [0.5, 0.6) is 0 Å². The highest BCUT2D eigenvalue weighted by Crippen LogP contribution is 2.23. The minimum absolute atomic E-state index is 0.102.